The highest BCUT2D eigenvalue weighted by Gasteiger charge is 2.38. The van der Waals surface area contributed by atoms with Gasteiger partial charge in [0.15, 0.2) is 0 Å². The molecule has 1 atom stereocenters. The van der Waals surface area contributed by atoms with Gasteiger partial charge in [-0.15, -0.1) is 0 Å². The van der Waals surface area contributed by atoms with Gasteiger partial charge in [-0.3, -0.25) is 9.59 Å². The van der Waals surface area contributed by atoms with Crippen LogP contribution in [0.15, 0.2) is 42.5 Å². The third-order valence-electron chi connectivity index (χ3n) is 6.22. The van der Waals surface area contributed by atoms with E-state index < -0.39 is 6.04 Å². The van der Waals surface area contributed by atoms with Crippen LogP contribution in [-0.2, 0) is 4.79 Å². The van der Waals surface area contributed by atoms with Gasteiger partial charge in [0.2, 0.25) is 5.91 Å². The second-order valence-corrected chi connectivity index (χ2v) is 8.45. The van der Waals surface area contributed by atoms with Crippen LogP contribution in [0.4, 0.5) is 5.69 Å². The van der Waals surface area contributed by atoms with Crippen LogP contribution < -0.4 is 14.4 Å². The zero-order chi connectivity index (χ0) is 22.7. The molecule has 32 heavy (non-hydrogen) atoms. The highest BCUT2D eigenvalue weighted by molar-refractivity contribution is 6.31. The van der Waals surface area contributed by atoms with Crippen LogP contribution in [0.25, 0.3) is 0 Å². The zero-order valence-corrected chi connectivity index (χ0v) is 19.2. The molecule has 0 aromatic heterocycles. The highest BCUT2D eigenvalue weighted by atomic mass is 35.5. The van der Waals surface area contributed by atoms with Crippen molar-refractivity contribution in [2.24, 2.45) is 0 Å². The fraction of sp³-hybridized carbons (Fsp3) is 0.417. The summed E-state index contributed by atoms with van der Waals surface area (Å²) in [6, 6.07) is 12.5. The van der Waals surface area contributed by atoms with Crippen LogP contribution >= 0.6 is 11.6 Å². The van der Waals surface area contributed by atoms with Gasteiger partial charge in [-0.2, -0.15) is 0 Å². The van der Waals surface area contributed by atoms with Gasteiger partial charge < -0.3 is 24.2 Å². The van der Waals surface area contributed by atoms with Gasteiger partial charge in [-0.25, -0.2) is 0 Å². The third-order valence-corrected chi connectivity index (χ3v) is 6.45. The Balaban J connectivity index is 1.42. The van der Waals surface area contributed by atoms with Crippen molar-refractivity contribution in [2.75, 3.05) is 51.8 Å². The number of likely N-dealkylation sites (tertiary alicyclic amines) is 1. The molecule has 0 radical (unpaired) electrons. The average Bonchev–Trinajstić information content (AvgIpc) is 3.33. The van der Waals surface area contributed by atoms with Crippen molar-refractivity contribution < 1.29 is 19.1 Å². The van der Waals surface area contributed by atoms with E-state index in [-0.39, 0.29) is 11.8 Å². The zero-order valence-electron chi connectivity index (χ0n) is 18.4. The minimum absolute atomic E-state index is 0.0197. The topological polar surface area (TPSA) is 62.3 Å². The number of carbonyl (C=O) groups is 2. The van der Waals surface area contributed by atoms with Crippen LogP contribution in [0.2, 0.25) is 5.02 Å². The van der Waals surface area contributed by atoms with E-state index in [4.69, 9.17) is 21.1 Å². The molecule has 2 heterocycles. The molecule has 0 spiro atoms. The van der Waals surface area contributed by atoms with E-state index in [2.05, 4.69) is 4.90 Å². The van der Waals surface area contributed by atoms with E-state index in [1.807, 2.05) is 29.2 Å². The fourth-order valence-electron chi connectivity index (χ4n) is 4.46. The number of amides is 2. The summed E-state index contributed by atoms with van der Waals surface area (Å²) >= 11 is 6.11. The van der Waals surface area contributed by atoms with E-state index in [1.54, 1.807) is 30.2 Å². The van der Waals surface area contributed by atoms with Crippen molar-refractivity contribution in [3.63, 3.8) is 0 Å². The Hall–Kier alpha value is -2.93. The maximum absolute atomic E-state index is 13.3. The van der Waals surface area contributed by atoms with Gasteiger partial charge >= 0.3 is 0 Å². The molecule has 0 N–H and O–H groups in total. The molecule has 2 aliphatic heterocycles. The van der Waals surface area contributed by atoms with Crippen LogP contribution in [0.1, 0.15) is 23.2 Å². The molecule has 4 rings (SSSR count). The van der Waals surface area contributed by atoms with Crippen LogP contribution in [0, 0.1) is 0 Å². The first-order valence-electron chi connectivity index (χ1n) is 10.8. The van der Waals surface area contributed by atoms with Crippen molar-refractivity contribution in [1.29, 1.82) is 0 Å². The Morgan fingerprint density at radius 2 is 1.66 bits per heavy atom. The number of benzene rings is 2. The number of rotatable bonds is 5. The molecule has 2 saturated heterocycles. The molecule has 2 fully saturated rings. The minimum atomic E-state index is -0.446. The number of nitrogens with zero attached hydrogens (tertiary/aromatic N) is 3. The number of methoxy groups -OCH3 is 2. The highest BCUT2D eigenvalue weighted by Crippen LogP contribution is 2.29. The molecule has 170 valence electrons. The lowest BCUT2D eigenvalue weighted by atomic mass is 10.1. The smallest absolute Gasteiger partial charge is 0.258 e. The predicted octanol–water partition coefficient (Wildman–Crippen LogP) is 3.31. The quantitative estimate of drug-likeness (QED) is 0.689. The fourth-order valence-corrected chi connectivity index (χ4v) is 4.63. The van der Waals surface area contributed by atoms with Crippen LogP contribution in [-0.4, -0.2) is 74.6 Å². The molecule has 2 aliphatic rings. The van der Waals surface area contributed by atoms with Gasteiger partial charge in [0.1, 0.15) is 17.5 Å². The van der Waals surface area contributed by atoms with Gasteiger partial charge in [-0.05, 0) is 55.3 Å². The maximum Gasteiger partial charge on any atom is 0.258 e. The predicted molar refractivity (Wildman–Crippen MR) is 124 cm³/mol. The minimum Gasteiger partial charge on any atom is -0.497 e. The summed E-state index contributed by atoms with van der Waals surface area (Å²) in [5.41, 5.74) is 1.51. The van der Waals surface area contributed by atoms with E-state index >= 15 is 0 Å². The number of ether oxygens (including phenoxy) is 2. The lowest BCUT2D eigenvalue weighted by molar-refractivity contribution is -0.135. The van der Waals surface area contributed by atoms with Crippen molar-refractivity contribution in [3.8, 4) is 11.5 Å². The molecular weight excluding hydrogens is 430 g/mol. The summed E-state index contributed by atoms with van der Waals surface area (Å²) in [4.78, 5) is 32.4. The van der Waals surface area contributed by atoms with Gasteiger partial charge in [0.25, 0.3) is 5.91 Å². The second-order valence-electron chi connectivity index (χ2n) is 8.01. The summed E-state index contributed by atoms with van der Waals surface area (Å²) in [6.45, 7) is 3.31. The summed E-state index contributed by atoms with van der Waals surface area (Å²) in [6.07, 6.45) is 1.48. The molecule has 7 nitrogen and oxygen atoms in total. The number of halogens is 1. The molecule has 2 amide bonds. The number of piperazine rings is 1. The third kappa shape index (κ3) is 4.48. The molecular formula is C24H28ClN3O4. The summed E-state index contributed by atoms with van der Waals surface area (Å²) in [5, 5.41) is 0.464. The lowest BCUT2D eigenvalue weighted by Gasteiger charge is -2.38. The van der Waals surface area contributed by atoms with Gasteiger partial charge in [0, 0.05) is 43.4 Å². The molecule has 0 bridgehead atoms. The Labute approximate surface area is 193 Å². The molecule has 2 aromatic rings. The normalized spacial score (nSPS) is 18.6. The first-order valence-corrected chi connectivity index (χ1v) is 11.2. The number of hydrogen-bond donors (Lipinski definition) is 0. The maximum atomic E-state index is 13.3. The van der Waals surface area contributed by atoms with E-state index in [9.17, 15) is 9.59 Å². The van der Waals surface area contributed by atoms with Gasteiger partial charge in [0.05, 0.1) is 19.8 Å². The molecule has 1 unspecified atom stereocenters. The van der Waals surface area contributed by atoms with Crippen molar-refractivity contribution in [2.45, 2.75) is 18.9 Å². The van der Waals surface area contributed by atoms with Crippen molar-refractivity contribution in [3.05, 3.63) is 53.1 Å². The van der Waals surface area contributed by atoms with Crippen molar-refractivity contribution >= 4 is 29.1 Å². The number of anilines is 1. The Bertz CT molecular complexity index is 974. The van der Waals surface area contributed by atoms with E-state index in [0.717, 1.165) is 30.9 Å². The second kappa shape index (κ2) is 9.69. The van der Waals surface area contributed by atoms with Gasteiger partial charge in [-0.1, -0.05) is 11.6 Å². The first kappa shape index (κ1) is 22.3. The standard InChI is InChI=1S/C24H28ClN3O4/c1-31-19-8-6-18(7-9-19)26-12-14-27(15-13-26)24(30)21-4-3-11-28(21)23(29)20-16-17(25)5-10-22(20)32-2/h5-10,16,21H,3-4,11-15H2,1-2H3. The first-order chi connectivity index (χ1) is 15.5. The van der Waals surface area contributed by atoms with Crippen LogP contribution in [0.3, 0.4) is 0 Å². The number of carbonyl (C=O) groups excluding carboxylic acids is 2. The molecule has 0 aliphatic carbocycles. The van der Waals surface area contributed by atoms with E-state index in [1.165, 1.54) is 7.11 Å². The van der Waals surface area contributed by atoms with Crippen molar-refractivity contribution in [1.82, 2.24) is 9.80 Å². The lowest BCUT2D eigenvalue weighted by Crippen LogP contribution is -2.54. The summed E-state index contributed by atoms with van der Waals surface area (Å²) < 4.78 is 10.6. The molecule has 2 aromatic carbocycles. The Kier molecular flexibility index (Phi) is 6.74. The number of hydrogen-bond acceptors (Lipinski definition) is 5. The molecule has 8 heteroatoms. The summed E-state index contributed by atoms with van der Waals surface area (Å²) in [5.74, 6) is 1.10. The Morgan fingerprint density at radius 1 is 0.938 bits per heavy atom. The van der Waals surface area contributed by atoms with Crippen LogP contribution in [0.5, 0.6) is 11.5 Å². The molecule has 0 saturated carbocycles. The Morgan fingerprint density at radius 3 is 2.31 bits per heavy atom. The average molecular weight is 458 g/mol. The monoisotopic (exact) mass is 457 g/mol. The largest absolute Gasteiger partial charge is 0.497 e. The summed E-state index contributed by atoms with van der Waals surface area (Å²) in [7, 11) is 3.17. The SMILES string of the molecule is COc1ccc(N2CCN(C(=O)C3CCCN3C(=O)c3cc(Cl)ccc3OC)CC2)cc1. The van der Waals surface area contributed by atoms with E-state index in [0.29, 0.717) is 42.4 Å².